The number of anilines is 1. The van der Waals surface area contributed by atoms with E-state index in [4.69, 9.17) is 4.74 Å². The zero-order valence-corrected chi connectivity index (χ0v) is 15.1. The van der Waals surface area contributed by atoms with E-state index in [1.165, 1.54) is 5.56 Å². The molecule has 0 N–H and O–H groups in total. The Morgan fingerprint density at radius 1 is 1.00 bits per heavy atom. The number of carbonyl (C=O) groups excluding carboxylic acids is 2. The van der Waals surface area contributed by atoms with E-state index in [1.54, 1.807) is 4.90 Å². The summed E-state index contributed by atoms with van der Waals surface area (Å²) in [4.78, 5) is 26.5. The molecule has 0 unspecified atom stereocenters. The van der Waals surface area contributed by atoms with Crippen LogP contribution in [0.2, 0.25) is 0 Å². The smallest absolute Gasteiger partial charge is 0.316 e. The molecule has 3 rings (SSSR count). The Morgan fingerprint density at radius 2 is 1.68 bits per heavy atom. The molecule has 1 aliphatic rings. The lowest BCUT2D eigenvalue weighted by molar-refractivity contribution is -0.139. The first-order valence-electron chi connectivity index (χ1n) is 8.51. The number of ether oxygens (including phenoxy) is 1. The number of aryl methyl sites for hydroxylation is 4. The van der Waals surface area contributed by atoms with Crippen molar-refractivity contribution in [3.05, 3.63) is 58.7 Å². The van der Waals surface area contributed by atoms with E-state index in [0.717, 1.165) is 22.4 Å². The third-order valence-corrected chi connectivity index (χ3v) is 4.67. The molecule has 1 saturated heterocycles. The Labute approximate surface area is 148 Å². The second-order valence-corrected chi connectivity index (χ2v) is 6.92. The van der Waals surface area contributed by atoms with Gasteiger partial charge in [-0.2, -0.15) is 0 Å². The fourth-order valence-electron chi connectivity index (χ4n) is 3.20. The van der Waals surface area contributed by atoms with Crippen LogP contribution >= 0.6 is 0 Å². The fraction of sp³-hybridized carbons (Fsp3) is 0.333. The lowest BCUT2D eigenvalue weighted by Crippen LogP contribution is -2.27. The summed E-state index contributed by atoms with van der Waals surface area (Å²) < 4.78 is 5.52. The summed E-state index contributed by atoms with van der Waals surface area (Å²) in [5, 5.41) is 0. The molecule has 1 heterocycles. The highest BCUT2D eigenvalue weighted by Gasteiger charge is 2.36. The molecule has 2 aromatic rings. The number of esters is 1. The summed E-state index contributed by atoms with van der Waals surface area (Å²) in [5.41, 5.74) is 5.24. The van der Waals surface area contributed by atoms with Gasteiger partial charge in [0.1, 0.15) is 5.75 Å². The molecule has 4 heteroatoms. The van der Waals surface area contributed by atoms with Crippen LogP contribution in [0.25, 0.3) is 0 Å². The molecule has 130 valence electrons. The molecule has 1 amide bonds. The first kappa shape index (κ1) is 17.2. The lowest BCUT2D eigenvalue weighted by atomic mass is 10.1. The third-order valence-electron chi connectivity index (χ3n) is 4.67. The minimum absolute atomic E-state index is 0.0365. The van der Waals surface area contributed by atoms with Crippen molar-refractivity contribution in [3.63, 3.8) is 0 Å². The minimum Gasteiger partial charge on any atom is -0.426 e. The molecule has 0 aromatic heterocycles. The van der Waals surface area contributed by atoms with Crippen LogP contribution in [0, 0.1) is 33.6 Å². The van der Waals surface area contributed by atoms with Gasteiger partial charge in [-0.15, -0.1) is 0 Å². The Hall–Kier alpha value is -2.62. The van der Waals surface area contributed by atoms with Gasteiger partial charge in [0.25, 0.3) is 0 Å². The van der Waals surface area contributed by atoms with Crippen molar-refractivity contribution in [2.45, 2.75) is 34.1 Å². The second-order valence-electron chi connectivity index (χ2n) is 6.92. The highest BCUT2D eigenvalue weighted by molar-refractivity contribution is 5.99. The molecule has 1 aliphatic heterocycles. The number of hydrogen-bond donors (Lipinski definition) is 0. The quantitative estimate of drug-likeness (QED) is 0.631. The van der Waals surface area contributed by atoms with Crippen molar-refractivity contribution in [1.29, 1.82) is 0 Å². The third kappa shape index (κ3) is 3.73. The average Bonchev–Trinajstić information content (AvgIpc) is 2.91. The summed E-state index contributed by atoms with van der Waals surface area (Å²) in [6.45, 7) is 8.35. The predicted molar refractivity (Wildman–Crippen MR) is 97.9 cm³/mol. The lowest BCUT2D eigenvalue weighted by Gasteiger charge is -2.18. The van der Waals surface area contributed by atoms with E-state index in [9.17, 15) is 9.59 Å². The highest BCUT2D eigenvalue weighted by atomic mass is 16.5. The van der Waals surface area contributed by atoms with E-state index in [1.807, 2.05) is 64.1 Å². The first-order valence-corrected chi connectivity index (χ1v) is 8.51. The van der Waals surface area contributed by atoms with E-state index in [2.05, 4.69) is 0 Å². The van der Waals surface area contributed by atoms with Crippen LogP contribution in [-0.2, 0) is 9.59 Å². The molecule has 4 nitrogen and oxygen atoms in total. The standard InChI is InChI=1S/C21H23NO3/c1-13-7-14(2)9-19(8-13)25-21(24)17-11-20(23)22(12-17)18-6-5-15(3)16(4)10-18/h5-10,17H,11-12H2,1-4H3/t17-/m1/s1. The van der Waals surface area contributed by atoms with E-state index < -0.39 is 5.92 Å². The SMILES string of the molecule is Cc1cc(C)cc(OC(=O)[C@@H]2CC(=O)N(c3ccc(C)c(C)c3)C2)c1. The summed E-state index contributed by atoms with van der Waals surface area (Å²) in [6.07, 6.45) is 0.191. The van der Waals surface area contributed by atoms with Gasteiger partial charge in [-0.1, -0.05) is 12.1 Å². The van der Waals surface area contributed by atoms with Crippen molar-refractivity contribution >= 4 is 17.6 Å². The van der Waals surface area contributed by atoms with E-state index >= 15 is 0 Å². The summed E-state index contributed by atoms with van der Waals surface area (Å²) in [7, 11) is 0. The highest BCUT2D eigenvalue weighted by Crippen LogP contribution is 2.28. The van der Waals surface area contributed by atoms with Crippen molar-refractivity contribution in [3.8, 4) is 5.75 Å². The van der Waals surface area contributed by atoms with Gasteiger partial charge in [0.15, 0.2) is 0 Å². The molecule has 0 saturated carbocycles. The summed E-state index contributed by atoms with van der Waals surface area (Å²) in [5.74, 6) is -0.273. The molecule has 1 fully saturated rings. The summed E-state index contributed by atoms with van der Waals surface area (Å²) in [6, 6.07) is 11.6. The molecule has 0 bridgehead atoms. The molecular weight excluding hydrogens is 314 g/mol. The van der Waals surface area contributed by atoms with E-state index in [0.29, 0.717) is 12.3 Å². The van der Waals surface area contributed by atoms with Gasteiger partial charge in [0, 0.05) is 18.7 Å². The van der Waals surface area contributed by atoms with Gasteiger partial charge < -0.3 is 9.64 Å². The number of benzene rings is 2. The zero-order valence-electron chi connectivity index (χ0n) is 15.1. The van der Waals surface area contributed by atoms with Crippen LogP contribution in [0.5, 0.6) is 5.75 Å². The van der Waals surface area contributed by atoms with Gasteiger partial charge in [-0.3, -0.25) is 9.59 Å². The van der Waals surface area contributed by atoms with Crippen LogP contribution < -0.4 is 9.64 Å². The predicted octanol–water partition coefficient (Wildman–Crippen LogP) is 3.88. The van der Waals surface area contributed by atoms with Gasteiger partial charge in [-0.05, 0) is 74.2 Å². The molecule has 1 atom stereocenters. The molecule has 0 spiro atoms. The monoisotopic (exact) mass is 337 g/mol. The maximum absolute atomic E-state index is 12.5. The Bertz CT molecular complexity index is 821. The average molecular weight is 337 g/mol. The van der Waals surface area contributed by atoms with Crippen LogP contribution in [0.1, 0.15) is 28.7 Å². The molecule has 25 heavy (non-hydrogen) atoms. The van der Waals surface area contributed by atoms with Crippen molar-refractivity contribution in [2.75, 3.05) is 11.4 Å². The number of carbonyl (C=O) groups is 2. The second kappa shape index (κ2) is 6.71. The largest absolute Gasteiger partial charge is 0.426 e. The molecule has 2 aromatic carbocycles. The van der Waals surface area contributed by atoms with Gasteiger partial charge in [-0.25, -0.2) is 0 Å². The topological polar surface area (TPSA) is 46.6 Å². The normalized spacial score (nSPS) is 17.0. The fourth-order valence-corrected chi connectivity index (χ4v) is 3.20. The van der Waals surface area contributed by atoms with Crippen LogP contribution in [0.15, 0.2) is 36.4 Å². The van der Waals surface area contributed by atoms with Crippen molar-refractivity contribution < 1.29 is 14.3 Å². The van der Waals surface area contributed by atoms with Crippen LogP contribution in [0.4, 0.5) is 5.69 Å². The number of nitrogens with zero attached hydrogens (tertiary/aromatic N) is 1. The number of rotatable bonds is 3. The Morgan fingerprint density at radius 3 is 2.32 bits per heavy atom. The maximum atomic E-state index is 12.5. The van der Waals surface area contributed by atoms with Crippen LogP contribution in [-0.4, -0.2) is 18.4 Å². The first-order chi connectivity index (χ1) is 11.8. The van der Waals surface area contributed by atoms with Gasteiger partial charge in [0.2, 0.25) is 5.91 Å². The van der Waals surface area contributed by atoms with Crippen molar-refractivity contribution in [1.82, 2.24) is 0 Å². The van der Waals surface area contributed by atoms with Crippen LogP contribution in [0.3, 0.4) is 0 Å². The Balaban J connectivity index is 1.73. The van der Waals surface area contributed by atoms with Crippen molar-refractivity contribution in [2.24, 2.45) is 5.92 Å². The number of hydrogen-bond acceptors (Lipinski definition) is 3. The molecular formula is C21H23NO3. The maximum Gasteiger partial charge on any atom is 0.316 e. The zero-order chi connectivity index (χ0) is 18.1. The van der Waals surface area contributed by atoms with E-state index in [-0.39, 0.29) is 18.3 Å². The minimum atomic E-state index is -0.435. The van der Waals surface area contributed by atoms with Gasteiger partial charge in [0.05, 0.1) is 5.92 Å². The molecule has 0 aliphatic carbocycles. The molecule has 0 radical (unpaired) electrons. The number of amides is 1. The van der Waals surface area contributed by atoms with Gasteiger partial charge >= 0.3 is 5.97 Å². The Kier molecular flexibility index (Phi) is 4.62. The summed E-state index contributed by atoms with van der Waals surface area (Å²) >= 11 is 0.